The molecule has 0 radical (unpaired) electrons. The molecule has 0 aliphatic heterocycles. The summed E-state index contributed by atoms with van der Waals surface area (Å²) in [5, 5.41) is 8.77. The van der Waals surface area contributed by atoms with Gasteiger partial charge in [-0.25, -0.2) is 8.42 Å². The van der Waals surface area contributed by atoms with Gasteiger partial charge in [-0.3, -0.25) is 4.72 Å². The molecule has 0 aliphatic carbocycles. The van der Waals surface area contributed by atoms with Crippen LogP contribution in [-0.4, -0.2) is 18.6 Å². The topological polar surface area (TPSA) is 98.0 Å². The number of nitrogens with zero attached hydrogens (tertiary/aromatic N) is 2. The minimum atomic E-state index is -3.62. The molecule has 0 fully saturated rings. The highest BCUT2D eigenvalue weighted by atomic mass is 32.2. The molecule has 2 rings (SSSR count). The van der Waals surface area contributed by atoms with Gasteiger partial charge in [0.25, 0.3) is 10.0 Å². The van der Waals surface area contributed by atoms with Crippen molar-refractivity contribution in [2.75, 3.05) is 4.72 Å². The van der Waals surface area contributed by atoms with Crippen LogP contribution in [0.1, 0.15) is 21.7 Å². The Bertz CT molecular complexity index is 675. The largest absolute Gasteiger partial charge is 0.326 e. The Labute approximate surface area is 119 Å². The van der Waals surface area contributed by atoms with E-state index >= 15 is 0 Å². The molecule has 0 saturated heterocycles. The lowest BCUT2D eigenvalue weighted by Gasteiger charge is -2.03. The second-order valence-electron chi connectivity index (χ2n) is 3.80. The first-order valence-electron chi connectivity index (χ1n) is 5.61. The zero-order valence-electron chi connectivity index (χ0n) is 10.5. The van der Waals surface area contributed by atoms with Crippen LogP contribution in [0.25, 0.3) is 0 Å². The van der Waals surface area contributed by atoms with Gasteiger partial charge >= 0.3 is 0 Å². The maximum absolute atomic E-state index is 12.2. The number of sulfonamides is 1. The molecule has 19 heavy (non-hydrogen) atoms. The highest BCUT2D eigenvalue weighted by Gasteiger charge is 2.21. The highest BCUT2D eigenvalue weighted by Crippen LogP contribution is 2.28. The fraction of sp³-hybridized carbons (Fsp3) is 0.400. The van der Waals surface area contributed by atoms with E-state index < -0.39 is 10.0 Å². The summed E-state index contributed by atoms with van der Waals surface area (Å²) >= 11 is 2.62. The predicted molar refractivity (Wildman–Crippen MR) is 77.0 cm³/mol. The van der Waals surface area contributed by atoms with Crippen LogP contribution >= 0.6 is 22.7 Å². The van der Waals surface area contributed by atoms with E-state index in [1.165, 1.54) is 22.7 Å². The Morgan fingerprint density at radius 2 is 2.11 bits per heavy atom. The Kier molecular flexibility index (Phi) is 4.19. The molecule has 0 spiro atoms. The molecule has 0 atom stereocenters. The number of aryl methyl sites for hydroxylation is 2. The van der Waals surface area contributed by atoms with Crippen LogP contribution in [-0.2, 0) is 23.0 Å². The Morgan fingerprint density at radius 3 is 2.63 bits per heavy atom. The van der Waals surface area contributed by atoms with Crippen LogP contribution in [0.5, 0.6) is 0 Å². The molecular weight excluding hydrogens is 304 g/mol. The summed E-state index contributed by atoms with van der Waals surface area (Å²) in [6.45, 7) is 4.03. The number of aromatic nitrogens is 2. The fourth-order valence-electron chi connectivity index (χ4n) is 1.50. The number of nitrogens with one attached hydrogen (secondary N) is 1. The summed E-state index contributed by atoms with van der Waals surface area (Å²) < 4.78 is 26.9. The average Bonchev–Trinajstić information content (AvgIpc) is 2.95. The third-order valence-corrected chi connectivity index (χ3v) is 6.18. The second kappa shape index (κ2) is 5.53. The van der Waals surface area contributed by atoms with Gasteiger partial charge in [0.15, 0.2) is 0 Å². The lowest BCUT2D eigenvalue weighted by atomic mass is 10.4. The molecule has 2 aromatic heterocycles. The molecule has 2 heterocycles. The van der Waals surface area contributed by atoms with Crippen molar-refractivity contribution in [3.05, 3.63) is 20.8 Å². The summed E-state index contributed by atoms with van der Waals surface area (Å²) in [7, 11) is -3.62. The molecule has 6 nitrogen and oxygen atoms in total. The first-order chi connectivity index (χ1) is 8.96. The Hall–Kier alpha value is -1.03. The summed E-state index contributed by atoms with van der Waals surface area (Å²) in [5.41, 5.74) is 5.52. The molecule has 3 N–H and O–H groups in total. The van der Waals surface area contributed by atoms with Gasteiger partial charge in [0.2, 0.25) is 5.13 Å². The van der Waals surface area contributed by atoms with Crippen LogP contribution in [0.2, 0.25) is 0 Å². The Balaban J connectivity index is 2.29. The quantitative estimate of drug-likeness (QED) is 0.875. The van der Waals surface area contributed by atoms with Gasteiger partial charge < -0.3 is 5.73 Å². The fourth-order valence-corrected chi connectivity index (χ4v) is 4.92. The zero-order chi connectivity index (χ0) is 14.0. The molecule has 0 aromatic carbocycles. The van der Waals surface area contributed by atoms with Crippen molar-refractivity contribution in [2.24, 2.45) is 5.73 Å². The lowest BCUT2D eigenvalue weighted by molar-refractivity contribution is 0.601. The van der Waals surface area contributed by atoms with E-state index in [9.17, 15) is 8.42 Å². The lowest BCUT2D eigenvalue weighted by Crippen LogP contribution is -2.13. The maximum atomic E-state index is 12.2. The summed E-state index contributed by atoms with van der Waals surface area (Å²) in [6.07, 6.45) is 0.730. The van der Waals surface area contributed by atoms with Crippen molar-refractivity contribution in [1.82, 2.24) is 10.2 Å². The van der Waals surface area contributed by atoms with Crippen molar-refractivity contribution in [3.63, 3.8) is 0 Å². The molecule has 0 unspecified atom stereocenters. The first kappa shape index (κ1) is 14.4. The van der Waals surface area contributed by atoms with Crippen molar-refractivity contribution < 1.29 is 8.42 Å². The van der Waals surface area contributed by atoms with Crippen molar-refractivity contribution >= 4 is 37.8 Å². The van der Waals surface area contributed by atoms with Gasteiger partial charge in [-0.15, -0.1) is 21.5 Å². The third kappa shape index (κ3) is 3.11. The molecule has 0 aliphatic rings. The van der Waals surface area contributed by atoms with Crippen LogP contribution in [0.3, 0.4) is 0 Å². The molecule has 0 amide bonds. The molecule has 2 aromatic rings. The zero-order valence-corrected chi connectivity index (χ0v) is 13.0. The summed E-state index contributed by atoms with van der Waals surface area (Å²) in [6, 6.07) is 1.60. The summed E-state index contributed by atoms with van der Waals surface area (Å²) in [4.78, 5) is 1.81. The number of thiophene rings is 1. The van der Waals surface area contributed by atoms with Gasteiger partial charge in [-0.1, -0.05) is 18.3 Å². The van der Waals surface area contributed by atoms with Crippen molar-refractivity contribution in [2.45, 2.75) is 31.7 Å². The second-order valence-corrected chi connectivity index (χ2v) is 7.85. The van der Waals surface area contributed by atoms with Gasteiger partial charge in [0.1, 0.15) is 9.90 Å². The van der Waals surface area contributed by atoms with Gasteiger partial charge in [-0.05, 0) is 19.4 Å². The first-order valence-corrected chi connectivity index (χ1v) is 8.72. The van der Waals surface area contributed by atoms with E-state index in [4.69, 9.17) is 5.73 Å². The Morgan fingerprint density at radius 1 is 1.37 bits per heavy atom. The molecule has 0 saturated carbocycles. The van der Waals surface area contributed by atoms with E-state index in [1.54, 1.807) is 13.0 Å². The average molecular weight is 318 g/mol. The summed E-state index contributed by atoms with van der Waals surface area (Å²) in [5.74, 6) is 0. The highest BCUT2D eigenvalue weighted by molar-refractivity contribution is 7.93. The number of hydrogen-bond acceptors (Lipinski definition) is 7. The van der Waals surface area contributed by atoms with Crippen LogP contribution in [0, 0.1) is 6.92 Å². The number of anilines is 1. The molecule has 104 valence electrons. The number of nitrogens with two attached hydrogens (primary N) is 1. The third-order valence-electron chi connectivity index (χ3n) is 2.40. The molecule has 0 bridgehead atoms. The van der Waals surface area contributed by atoms with E-state index in [0.29, 0.717) is 11.4 Å². The minimum Gasteiger partial charge on any atom is -0.326 e. The van der Waals surface area contributed by atoms with Gasteiger partial charge in [0, 0.05) is 16.3 Å². The SMILES string of the molecule is CCc1nnc(NS(=O)(=O)c2cc(CN)sc2C)s1. The van der Waals surface area contributed by atoms with Crippen LogP contribution in [0.15, 0.2) is 11.0 Å². The smallest absolute Gasteiger partial charge is 0.264 e. The monoisotopic (exact) mass is 318 g/mol. The predicted octanol–water partition coefficient (Wildman–Crippen LogP) is 1.73. The maximum Gasteiger partial charge on any atom is 0.264 e. The molecule has 9 heteroatoms. The van der Waals surface area contributed by atoms with Crippen molar-refractivity contribution in [1.29, 1.82) is 0 Å². The van der Waals surface area contributed by atoms with E-state index in [-0.39, 0.29) is 10.0 Å². The number of rotatable bonds is 5. The van der Waals surface area contributed by atoms with E-state index in [2.05, 4.69) is 14.9 Å². The van der Waals surface area contributed by atoms with Crippen LogP contribution < -0.4 is 10.5 Å². The van der Waals surface area contributed by atoms with E-state index in [0.717, 1.165) is 16.3 Å². The standard InChI is InChI=1S/C10H14N4O2S3/c1-3-9-12-13-10(18-9)14-19(15,16)8-4-7(5-11)17-6(8)2/h4H,3,5,11H2,1-2H3,(H,13,14). The minimum absolute atomic E-state index is 0.256. The van der Waals surface area contributed by atoms with Crippen LogP contribution in [0.4, 0.5) is 5.13 Å². The van der Waals surface area contributed by atoms with Gasteiger partial charge in [-0.2, -0.15) is 0 Å². The van der Waals surface area contributed by atoms with E-state index in [1.807, 2.05) is 6.92 Å². The van der Waals surface area contributed by atoms with Crippen molar-refractivity contribution in [3.8, 4) is 0 Å². The normalized spacial score (nSPS) is 11.7. The van der Waals surface area contributed by atoms with Gasteiger partial charge in [0.05, 0.1) is 0 Å². The molecular formula is C10H14N4O2S3. The number of hydrogen-bond donors (Lipinski definition) is 2.